The minimum Gasteiger partial charge on any atom is -0.446 e. The summed E-state index contributed by atoms with van der Waals surface area (Å²) in [6.45, 7) is 0. The highest BCUT2D eigenvalue weighted by Crippen LogP contribution is 2.64. The van der Waals surface area contributed by atoms with Gasteiger partial charge in [-0.05, 0) is 61.1 Å². The highest BCUT2D eigenvalue weighted by molar-refractivity contribution is 9.10. The van der Waals surface area contributed by atoms with E-state index >= 15 is 0 Å². The molecule has 4 fully saturated rings. The van der Waals surface area contributed by atoms with E-state index in [-0.39, 0.29) is 12.2 Å². The Hall–Kier alpha value is -1.07. The van der Waals surface area contributed by atoms with Crippen molar-refractivity contribution in [3.05, 3.63) is 28.7 Å². The Morgan fingerprint density at radius 3 is 3.05 bits per heavy atom. The third-order valence-corrected chi connectivity index (χ3v) is 6.50. The first-order valence-corrected chi connectivity index (χ1v) is 8.87. The fourth-order valence-electron chi connectivity index (χ4n) is 5.25. The van der Waals surface area contributed by atoms with Crippen molar-refractivity contribution in [3.63, 3.8) is 0 Å². The molecule has 1 aromatic rings. The van der Waals surface area contributed by atoms with Gasteiger partial charge in [0.25, 0.3) is 0 Å². The summed E-state index contributed by atoms with van der Waals surface area (Å²) in [5.41, 5.74) is 0.760. The first-order valence-electron chi connectivity index (χ1n) is 8.08. The lowest BCUT2D eigenvalue weighted by molar-refractivity contribution is 0.0251. The van der Waals surface area contributed by atoms with Crippen LogP contribution in [0.1, 0.15) is 19.3 Å². The summed E-state index contributed by atoms with van der Waals surface area (Å²) in [5, 5.41) is 2.83. The van der Waals surface area contributed by atoms with Crippen LogP contribution in [0.5, 0.6) is 0 Å². The van der Waals surface area contributed by atoms with Gasteiger partial charge in [0.1, 0.15) is 6.10 Å². The van der Waals surface area contributed by atoms with Crippen LogP contribution in [0.4, 0.5) is 10.5 Å². The van der Waals surface area contributed by atoms with E-state index in [0.717, 1.165) is 28.4 Å². The van der Waals surface area contributed by atoms with Crippen LogP contribution >= 0.6 is 15.9 Å². The van der Waals surface area contributed by atoms with Crippen LogP contribution in [0.2, 0.25) is 0 Å². The first-order chi connectivity index (χ1) is 10.7. The molecule has 0 radical (unpaired) electrons. The van der Waals surface area contributed by atoms with Crippen molar-refractivity contribution < 1.29 is 14.3 Å². The fourth-order valence-corrected chi connectivity index (χ4v) is 5.65. The van der Waals surface area contributed by atoms with Crippen molar-refractivity contribution in [2.75, 3.05) is 5.32 Å². The Balaban J connectivity index is 1.23. The number of benzene rings is 1. The molecule has 5 heteroatoms. The van der Waals surface area contributed by atoms with Gasteiger partial charge in [0.15, 0.2) is 0 Å². The van der Waals surface area contributed by atoms with Gasteiger partial charge >= 0.3 is 6.09 Å². The maximum Gasteiger partial charge on any atom is 0.411 e. The van der Waals surface area contributed by atoms with E-state index in [9.17, 15) is 4.79 Å². The Morgan fingerprint density at radius 2 is 2.18 bits per heavy atom. The number of ether oxygens (including phenoxy) is 2. The quantitative estimate of drug-likeness (QED) is 0.812. The molecule has 1 N–H and O–H groups in total. The van der Waals surface area contributed by atoms with Crippen molar-refractivity contribution in [2.45, 2.75) is 37.6 Å². The van der Waals surface area contributed by atoms with Crippen LogP contribution in [-0.2, 0) is 9.47 Å². The van der Waals surface area contributed by atoms with Crippen molar-refractivity contribution in [2.24, 2.45) is 23.7 Å². The summed E-state index contributed by atoms with van der Waals surface area (Å²) in [6.07, 6.45) is 4.25. The van der Waals surface area contributed by atoms with E-state index in [2.05, 4.69) is 21.2 Å². The predicted octanol–water partition coefficient (Wildman–Crippen LogP) is 3.81. The van der Waals surface area contributed by atoms with Gasteiger partial charge in [-0.25, -0.2) is 4.79 Å². The number of nitrogens with one attached hydrogen (secondary N) is 1. The number of rotatable bonds is 2. The summed E-state index contributed by atoms with van der Waals surface area (Å²) in [5.74, 6) is 2.74. The van der Waals surface area contributed by atoms with Gasteiger partial charge in [-0.3, -0.25) is 5.32 Å². The Kier molecular flexibility index (Phi) is 2.87. The number of carbonyl (C=O) groups is 1. The summed E-state index contributed by atoms with van der Waals surface area (Å²) in [6, 6.07) is 7.57. The number of anilines is 1. The molecule has 116 valence electrons. The average Bonchev–Trinajstić information content (AvgIpc) is 2.82. The minimum atomic E-state index is -0.327. The molecule has 3 aliphatic carbocycles. The molecule has 0 aromatic heterocycles. The molecule has 0 unspecified atom stereocenters. The molecule has 1 aliphatic heterocycles. The number of fused-ring (bicyclic) bond motifs is 7. The molecule has 22 heavy (non-hydrogen) atoms. The number of hydrogen-bond donors (Lipinski definition) is 1. The Morgan fingerprint density at radius 1 is 1.27 bits per heavy atom. The van der Waals surface area contributed by atoms with E-state index in [1.54, 1.807) is 0 Å². The largest absolute Gasteiger partial charge is 0.446 e. The SMILES string of the molecule is O=C(Nc1cccc(Br)c1)O[C@@H]1C[C@@H]2C[C@@H]1[C@H]1C[C@H]3O[C@@H]3[C@H]21. The van der Waals surface area contributed by atoms with Crippen molar-refractivity contribution in [3.8, 4) is 0 Å². The second kappa shape index (κ2) is 4.71. The average molecular weight is 364 g/mol. The smallest absolute Gasteiger partial charge is 0.411 e. The van der Waals surface area contributed by atoms with E-state index in [0.29, 0.717) is 24.0 Å². The molecule has 2 bridgehead atoms. The molecule has 4 nitrogen and oxygen atoms in total. The zero-order valence-corrected chi connectivity index (χ0v) is 13.7. The Labute approximate surface area is 137 Å². The van der Waals surface area contributed by atoms with Gasteiger partial charge in [0.05, 0.1) is 12.2 Å². The maximum absolute atomic E-state index is 12.1. The van der Waals surface area contributed by atoms with Gasteiger partial charge in [-0.2, -0.15) is 0 Å². The van der Waals surface area contributed by atoms with Crippen molar-refractivity contribution in [1.29, 1.82) is 0 Å². The predicted molar refractivity (Wildman–Crippen MR) is 84.5 cm³/mol. The van der Waals surface area contributed by atoms with E-state index in [1.165, 1.54) is 12.8 Å². The minimum absolute atomic E-state index is 0.0934. The van der Waals surface area contributed by atoms with Crippen LogP contribution in [0, 0.1) is 23.7 Å². The number of epoxide rings is 1. The van der Waals surface area contributed by atoms with Crippen LogP contribution in [0.25, 0.3) is 0 Å². The topological polar surface area (TPSA) is 50.9 Å². The van der Waals surface area contributed by atoms with Crippen LogP contribution in [0.15, 0.2) is 28.7 Å². The number of hydrogen-bond acceptors (Lipinski definition) is 3. The number of amides is 1. The molecule has 3 saturated carbocycles. The molecule has 4 aliphatic rings. The molecule has 1 saturated heterocycles. The molecule has 5 rings (SSSR count). The second-order valence-corrected chi connectivity index (χ2v) is 8.01. The zero-order chi connectivity index (χ0) is 14.8. The standard InChI is InChI=1S/C17H18BrNO3/c18-9-2-1-3-10(6-9)19-17(20)22-13-5-8-4-11(13)12-7-14-16(21-14)15(8)12/h1-3,6,8,11-16H,4-5,7H2,(H,19,20)/t8-,11+,12+,13+,14+,15+,16-/m0/s1. The molecule has 1 aromatic carbocycles. The summed E-state index contributed by atoms with van der Waals surface area (Å²) < 4.78 is 12.4. The molecule has 7 atom stereocenters. The molecule has 1 amide bonds. The third-order valence-electron chi connectivity index (χ3n) is 6.01. The van der Waals surface area contributed by atoms with Crippen molar-refractivity contribution >= 4 is 27.7 Å². The lowest BCUT2D eigenvalue weighted by Crippen LogP contribution is -2.35. The summed E-state index contributed by atoms with van der Waals surface area (Å²) >= 11 is 3.40. The molecular weight excluding hydrogens is 346 g/mol. The van der Waals surface area contributed by atoms with Gasteiger partial charge < -0.3 is 9.47 Å². The summed E-state index contributed by atoms with van der Waals surface area (Å²) in [7, 11) is 0. The highest BCUT2D eigenvalue weighted by atomic mass is 79.9. The normalized spacial score (nSPS) is 43.6. The van der Waals surface area contributed by atoms with Gasteiger partial charge in [-0.15, -0.1) is 0 Å². The van der Waals surface area contributed by atoms with E-state index < -0.39 is 0 Å². The monoisotopic (exact) mass is 363 g/mol. The fraction of sp³-hybridized carbons (Fsp3) is 0.588. The second-order valence-electron chi connectivity index (χ2n) is 7.09. The zero-order valence-electron chi connectivity index (χ0n) is 12.1. The van der Waals surface area contributed by atoms with Gasteiger partial charge in [0.2, 0.25) is 0 Å². The summed E-state index contributed by atoms with van der Waals surface area (Å²) in [4.78, 5) is 12.1. The van der Waals surface area contributed by atoms with Crippen molar-refractivity contribution in [1.82, 2.24) is 0 Å². The van der Waals surface area contributed by atoms with E-state index in [1.807, 2.05) is 24.3 Å². The van der Waals surface area contributed by atoms with Crippen LogP contribution in [-0.4, -0.2) is 24.4 Å². The first kappa shape index (κ1) is 13.4. The highest BCUT2D eigenvalue weighted by Gasteiger charge is 2.67. The third kappa shape index (κ3) is 2.02. The Bertz CT molecular complexity index is 636. The maximum atomic E-state index is 12.1. The molecule has 1 heterocycles. The van der Waals surface area contributed by atoms with Crippen LogP contribution < -0.4 is 5.32 Å². The lowest BCUT2D eigenvalue weighted by atomic mass is 9.79. The number of halogens is 1. The van der Waals surface area contributed by atoms with Gasteiger partial charge in [-0.1, -0.05) is 22.0 Å². The van der Waals surface area contributed by atoms with Gasteiger partial charge in [0, 0.05) is 10.2 Å². The van der Waals surface area contributed by atoms with Crippen LogP contribution in [0.3, 0.4) is 0 Å². The van der Waals surface area contributed by atoms with E-state index in [4.69, 9.17) is 9.47 Å². The molecule has 0 spiro atoms. The molecular formula is C17H18BrNO3. The number of carbonyl (C=O) groups excluding carboxylic acids is 1. The lowest BCUT2D eigenvalue weighted by Gasteiger charge is -2.32.